The number of imidazole rings is 3. The highest BCUT2D eigenvalue weighted by molar-refractivity contribution is 7.86. The molecule has 0 radical (unpaired) electrons. The van der Waals surface area contributed by atoms with Gasteiger partial charge in [-0.05, 0) is 165 Å². The molecule has 3 N–H and O–H groups in total. The number of hydrogen-bond donors (Lipinski definition) is 3. The Kier molecular flexibility index (Phi) is 11.0. The van der Waals surface area contributed by atoms with Gasteiger partial charge in [0.25, 0.3) is 30.4 Å². The fraction of sp³-hybridized carbons (Fsp3) is 0.0588. The Morgan fingerprint density at radius 2 is 0.625 bits per heavy atom. The number of aryl methyl sites for hydroxylation is 3. The first kappa shape index (κ1) is 46.9. The molecule has 3 heterocycles. The average molecular weight is 1010 g/mol. The van der Waals surface area contributed by atoms with Crippen molar-refractivity contribution < 1.29 is 38.9 Å². The second-order valence-corrected chi connectivity index (χ2v) is 21.0. The lowest BCUT2D eigenvalue weighted by molar-refractivity contribution is 0.481. The summed E-state index contributed by atoms with van der Waals surface area (Å²) < 4.78 is 110. The monoisotopic (exact) mass is 1010 g/mol. The molecule has 0 saturated carbocycles. The van der Waals surface area contributed by atoms with Crippen LogP contribution in [0.4, 0.5) is 0 Å². The Hall–Kier alpha value is -8.85. The van der Waals surface area contributed by atoms with Gasteiger partial charge >= 0.3 is 0 Å². The highest BCUT2D eigenvalue weighted by Crippen LogP contribution is 2.45. The Morgan fingerprint density at radius 3 is 0.819 bits per heavy atom. The third-order valence-electron chi connectivity index (χ3n) is 12.3. The second-order valence-electron chi connectivity index (χ2n) is 16.7. The molecule has 0 unspecified atom stereocenters. The van der Waals surface area contributed by atoms with Gasteiger partial charge in [-0.3, -0.25) is 27.4 Å². The Balaban J connectivity index is 1.50. The van der Waals surface area contributed by atoms with E-state index in [-0.39, 0.29) is 34.0 Å². The Bertz CT molecular complexity index is 3980. The second kappa shape index (κ2) is 16.9. The molecule has 18 nitrogen and oxygen atoms in total. The van der Waals surface area contributed by atoms with E-state index in [4.69, 9.17) is 15.0 Å². The van der Waals surface area contributed by atoms with Gasteiger partial charge in [-0.25, -0.2) is 15.0 Å². The van der Waals surface area contributed by atoms with Gasteiger partial charge in [0.1, 0.15) is 50.6 Å². The number of nitriles is 3. The van der Waals surface area contributed by atoms with Gasteiger partial charge in [-0.1, -0.05) is 0 Å². The fourth-order valence-electron chi connectivity index (χ4n) is 8.96. The van der Waals surface area contributed by atoms with Crippen molar-refractivity contribution in [2.24, 2.45) is 0 Å². The zero-order chi connectivity index (χ0) is 51.2. The number of nitrogens with zero attached hydrogens (tertiary/aromatic N) is 9. The molecular formula is C51H33N9O9S3. The highest BCUT2D eigenvalue weighted by Gasteiger charge is 2.32. The van der Waals surface area contributed by atoms with Crippen LogP contribution in [0.1, 0.15) is 33.4 Å². The Morgan fingerprint density at radius 1 is 0.389 bits per heavy atom. The quantitative estimate of drug-likeness (QED) is 0.114. The maximum absolute atomic E-state index is 12.4. The lowest BCUT2D eigenvalue weighted by Crippen LogP contribution is -2.03. The summed E-state index contributed by atoms with van der Waals surface area (Å²) in [7, 11) is -14.0. The summed E-state index contributed by atoms with van der Waals surface area (Å²) in [4.78, 5) is 14.9. The molecule has 7 aromatic carbocycles. The highest BCUT2D eigenvalue weighted by atomic mass is 32.2. The first-order chi connectivity index (χ1) is 34.2. The van der Waals surface area contributed by atoms with Crippen molar-refractivity contribution in [3.05, 3.63) is 161 Å². The molecule has 0 aliphatic carbocycles. The van der Waals surface area contributed by atoms with E-state index in [2.05, 4.69) is 18.2 Å². The van der Waals surface area contributed by atoms with Gasteiger partial charge in [0.15, 0.2) is 0 Å². The SMILES string of the molecule is Cc1cc(C#N)ccc1-c1nc2c(c3nc(-c4ccc(C#N)cc4C)n(-c4ccc(S(=O)(=O)O)cc4)c3c3nc(-c4ccc(C#N)cc4C)n(-c4ccc(S(=O)(=O)O)cc4)c23)n1-c1ccc(S(=O)(=O)O)cc1. The van der Waals surface area contributed by atoms with Gasteiger partial charge in [-0.2, -0.15) is 41.0 Å². The van der Waals surface area contributed by atoms with Crippen molar-refractivity contribution in [3.63, 3.8) is 0 Å². The minimum Gasteiger partial charge on any atom is -0.290 e. The van der Waals surface area contributed by atoms with E-state index >= 15 is 0 Å². The number of fused-ring (bicyclic) bond motifs is 6. The summed E-state index contributed by atoms with van der Waals surface area (Å²) in [5.41, 5.74) is 7.15. The van der Waals surface area contributed by atoms with Gasteiger partial charge in [0.2, 0.25) is 0 Å². The summed E-state index contributed by atoms with van der Waals surface area (Å²) in [5.74, 6) is 0.817. The molecule has 0 saturated heterocycles. The van der Waals surface area contributed by atoms with Gasteiger partial charge in [0, 0.05) is 33.8 Å². The van der Waals surface area contributed by atoms with E-state index in [1.54, 1.807) is 89.1 Å². The molecule has 0 aliphatic heterocycles. The maximum atomic E-state index is 12.4. The molecule has 0 bridgehead atoms. The van der Waals surface area contributed by atoms with Crippen LogP contribution in [0.25, 0.3) is 84.3 Å². The molecule has 0 fully saturated rings. The summed E-state index contributed by atoms with van der Waals surface area (Å²) in [6, 6.07) is 37.6. The first-order valence-corrected chi connectivity index (χ1v) is 25.7. The van der Waals surface area contributed by atoms with Crippen LogP contribution in [0.2, 0.25) is 0 Å². The predicted molar refractivity (Wildman–Crippen MR) is 264 cm³/mol. The lowest BCUT2D eigenvalue weighted by atomic mass is 10.0. The van der Waals surface area contributed by atoms with E-state index in [1.807, 2.05) is 0 Å². The molecular weight excluding hydrogens is 979 g/mol. The topological polar surface area (TPSA) is 288 Å². The zero-order valence-corrected chi connectivity index (χ0v) is 40.1. The maximum Gasteiger partial charge on any atom is 0.294 e. The first-order valence-electron chi connectivity index (χ1n) is 21.4. The summed E-state index contributed by atoms with van der Waals surface area (Å²) in [6.45, 7) is 5.36. The van der Waals surface area contributed by atoms with E-state index < -0.39 is 45.0 Å². The van der Waals surface area contributed by atoms with Crippen molar-refractivity contribution in [3.8, 4) is 69.4 Å². The van der Waals surface area contributed by atoms with Crippen LogP contribution in [0.3, 0.4) is 0 Å². The third-order valence-corrected chi connectivity index (χ3v) is 14.9. The van der Waals surface area contributed by atoms with Crippen molar-refractivity contribution in [2.45, 2.75) is 35.5 Å². The number of benzene rings is 7. The number of hydrogen-bond acceptors (Lipinski definition) is 12. The predicted octanol–water partition coefficient (Wildman–Crippen LogP) is 8.98. The van der Waals surface area contributed by atoms with E-state index in [0.717, 1.165) is 0 Å². The summed E-state index contributed by atoms with van der Waals surface area (Å²) in [6.07, 6.45) is 0. The molecule has 10 rings (SSSR count). The summed E-state index contributed by atoms with van der Waals surface area (Å²) in [5, 5.41) is 29.6. The fourth-order valence-corrected chi connectivity index (χ4v) is 10.4. The van der Waals surface area contributed by atoms with E-state index in [1.165, 1.54) is 72.8 Å². The molecule has 0 aliphatic rings. The van der Waals surface area contributed by atoms with Crippen molar-refractivity contribution in [1.82, 2.24) is 28.7 Å². The molecule has 0 amide bonds. The molecule has 21 heteroatoms. The minimum absolute atomic E-state index is 0.244. The largest absolute Gasteiger partial charge is 0.294 e. The average Bonchev–Trinajstić information content (AvgIpc) is 4.05. The Labute approximate surface area is 410 Å². The van der Waals surface area contributed by atoms with Crippen LogP contribution in [0.15, 0.2) is 142 Å². The van der Waals surface area contributed by atoms with Crippen LogP contribution in [-0.4, -0.2) is 67.6 Å². The van der Waals surface area contributed by atoms with Gasteiger partial charge in [-0.15, -0.1) is 0 Å². The van der Waals surface area contributed by atoms with Crippen molar-refractivity contribution in [1.29, 1.82) is 15.8 Å². The van der Waals surface area contributed by atoms with Gasteiger partial charge in [0.05, 0.1) is 49.6 Å². The molecule has 72 heavy (non-hydrogen) atoms. The molecule has 354 valence electrons. The number of aromatic nitrogens is 6. The standard InChI is InChI=1S/C51H33N9O9S3/c1-28-22-31(25-52)4-19-40(28)49-55-43-46(58(49)34-7-13-37(14-8-34)70(61,62)63)44-48(60(36-11-17-39(18-12-36)72(67,68)69)50(56-44)41-20-5-32(26-53)23-29(41)2)45-47(43)59(35-9-15-38(16-10-35)71(64,65)66)51(57-45)42-21-6-33(27-54)24-30(42)3/h4-24H,1-3H3,(H,61,62,63)(H,64,65,66)(H,67,68,69). The zero-order valence-electron chi connectivity index (χ0n) is 37.7. The van der Waals surface area contributed by atoms with E-state index in [9.17, 15) is 54.7 Å². The smallest absolute Gasteiger partial charge is 0.290 e. The lowest BCUT2D eigenvalue weighted by Gasteiger charge is -2.14. The van der Waals surface area contributed by atoms with Gasteiger partial charge < -0.3 is 0 Å². The van der Waals surface area contributed by atoms with Crippen LogP contribution in [0.5, 0.6) is 0 Å². The third kappa shape index (κ3) is 7.82. The normalized spacial score (nSPS) is 12.0. The van der Waals surface area contributed by atoms with E-state index in [0.29, 0.717) is 83.7 Å². The molecule has 10 aromatic rings. The summed E-state index contributed by atoms with van der Waals surface area (Å²) >= 11 is 0. The van der Waals surface area contributed by atoms with Crippen LogP contribution < -0.4 is 0 Å². The van der Waals surface area contributed by atoms with Crippen LogP contribution in [-0.2, 0) is 30.4 Å². The van der Waals surface area contributed by atoms with Crippen LogP contribution >= 0.6 is 0 Å². The minimum atomic E-state index is -4.66. The molecule has 0 atom stereocenters. The number of rotatable bonds is 9. The molecule has 0 spiro atoms. The molecule has 3 aromatic heterocycles. The van der Waals surface area contributed by atoms with Crippen LogP contribution in [0, 0.1) is 54.8 Å². The van der Waals surface area contributed by atoms with Crippen molar-refractivity contribution in [2.75, 3.05) is 0 Å². The van der Waals surface area contributed by atoms with Crippen molar-refractivity contribution >= 4 is 63.5 Å².